The number of ether oxygens (including phenoxy) is 1. The number of aryl methyl sites for hydroxylation is 1. The second-order valence-electron chi connectivity index (χ2n) is 6.81. The van der Waals surface area contributed by atoms with Gasteiger partial charge in [0, 0.05) is 11.3 Å². The smallest absolute Gasteiger partial charge is 0.266 e. The SMILES string of the molecule is COc1ccc(-n2c(C)nc3ccc(NC(=O)c4ccc(F)c(F)c4)cc3c2=O)cc1. The zero-order valence-corrected chi connectivity index (χ0v) is 16.6. The van der Waals surface area contributed by atoms with Crippen LogP contribution in [0.5, 0.6) is 5.75 Å². The number of nitrogens with zero attached hydrogens (tertiary/aromatic N) is 2. The van der Waals surface area contributed by atoms with Crippen LogP contribution in [0.15, 0.2) is 65.5 Å². The molecule has 0 aliphatic rings. The van der Waals surface area contributed by atoms with E-state index in [9.17, 15) is 18.4 Å². The molecular formula is C23H17F2N3O3. The van der Waals surface area contributed by atoms with Gasteiger partial charge >= 0.3 is 0 Å². The number of anilines is 1. The molecule has 156 valence electrons. The van der Waals surface area contributed by atoms with Crippen molar-refractivity contribution in [3.63, 3.8) is 0 Å². The summed E-state index contributed by atoms with van der Waals surface area (Å²) in [6.45, 7) is 1.73. The first kappa shape index (κ1) is 20.2. The standard InChI is InChI=1S/C23H17F2N3O3/c1-13-26-21-10-4-15(27-22(29)14-3-9-19(24)20(25)11-14)12-18(21)23(30)28(13)16-5-7-17(31-2)8-6-16/h3-12H,1-2H3,(H,27,29). The number of aromatic nitrogens is 2. The molecular weight excluding hydrogens is 404 g/mol. The number of rotatable bonds is 4. The third-order valence-electron chi connectivity index (χ3n) is 4.81. The van der Waals surface area contributed by atoms with Crippen molar-refractivity contribution < 1.29 is 18.3 Å². The Morgan fingerprint density at radius 3 is 2.42 bits per heavy atom. The van der Waals surface area contributed by atoms with Crippen molar-refractivity contribution in [1.29, 1.82) is 0 Å². The molecule has 6 nitrogen and oxygen atoms in total. The van der Waals surface area contributed by atoms with Crippen molar-refractivity contribution in [2.45, 2.75) is 6.92 Å². The topological polar surface area (TPSA) is 73.2 Å². The van der Waals surface area contributed by atoms with E-state index < -0.39 is 17.5 Å². The predicted octanol–water partition coefficient (Wildman–Crippen LogP) is 4.23. The van der Waals surface area contributed by atoms with Gasteiger partial charge in [-0.15, -0.1) is 0 Å². The Labute approximate surface area is 175 Å². The van der Waals surface area contributed by atoms with E-state index in [0.29, 0.717) is 33.9 Å². The molecule has 0 aliphatic carbocycles. The molecule has 0 spiro atoms. The van der Waals surface area contributed by atoms with Crippen molar-refractivity contribution in [1.82, 2.24) is 9.55 Å². The molecule has 0 saturated heterocycles. The maximum atomic E-state index is 13.4. The first-order valence-corrected chi connectivity index (χ1v) is 9.31. The normalized spacial score (nSPS) is 10.8. The van der Waals surface area contributed by atoms with Gasteiger partial charge in [0.25, 0.3) is 11.5 Å². The molecule has 3 aromatic carbocycles. The van der Waals surface area contributed by atoms with Crippen LogP contribution in [0.1, 0.15) is 16.2 Å². The molecule has 4 aromatic rings. The zero-order valence-electron chi connectivity index (χ0n) is 16.6. The fourth-order valence-corrected chi connectivity index (χ4v) is 3.25. The van der Waals surface area contributed by atoms with Crippen LogP contribution in [0.2, 0.25) is 0 Å². The van der Waals surface area contributed by atoms with Crippen molar-refractivity contribution in [3.8, 4) is 11.4 Å². The molecule has 0 aliphatic heterocycles. The number of carbonyl (C=O) groups is 1. The number of hydrogen-bond acceptors (Lipinski definition) is 4. The second-order valence-corrected chi connectivity index (χ2v) is 6.81. The lowest BCUT2D eigenvalue weighted by molar-refractivity contribution is 0.102. The summed E-state index contributed by atoms with van der Waals surface area (Å²) in [5.41, 5.74) is 1.06. The quantitative estimate of drug-likeness (QED) is 0.535. The zero-order chi connectivity index (χ0) is 22.1. The fourth-order valence-electron chi connectivity index (χ4n) is 3.25. The van der Waals surface area contributed by atoms with Crippen LogP contribution in [0.25, 0.3) is 16.6 Å². The van der Waals surface area contributed by atoms with Gasteiger partial charge in [0.2, 0.25) is 0 Å². The number of hydrogen-bond donors (Lipinski definition) is 1. The number of methoxy groups -OCH3 is 1. The van der Waals surface area contributed by atoms with Gasteiger partial charge < -0.3 is 10.1 Å². The van der Waals surface area contributed by atoms with Crippen molar-refractivity contribution >= 4 is 22.5 Å². The molecule has 31 heavy (non-hydrogen) atoms. The van der Waals surface area contributed by atoms with Gasteiger partial charge in [-0.25, -0.2) is 13.8 Å². The molecule has 1 N–H and O–H groups in total. The summed E-state index contributed by atoms with van der Waals surface area (Å²) in [5.74, 6) is -1.63. The van der Waals surface area contributed by atoms with Gasteiger partial charge in [0.05, 0.1) is 23.7 Å². The van der Waals surface area contributed by atoms with Crippen molar-refractivity contribution in [2.75, 3.05) is 12.4 Å². The number of benzene rings is 3. The largest absolute Gasteiger partial charge is 0.497 e. The molecule has 0 atom stereocenters. The summed E-state index contributed by atoms with van der Waals surface area (Å²) in [5, 5.41) is 2.89. The Morgan fingerprint density at radius 1 is 1.00 bits per heavy atom. The Bertz CT molecular complexity index is 1370. The fraction of sp³-hybridized carbons (Fsp3) is 0.0870. The monoisotopic (exact) mass is 421 g/mol. The van der Waals surface area contributed by atoms with Crippen LogP contribution in [0, 0.1) is 18.6 Å². The summed E-state index contributed by atoms with van der Waals surface area (Å²) in [4.78, 5) is 30.1. The lowest BCUT2D eigenvalue weighted by Crippen LogP contribution is -2.22. The number of carbonyl (C=O) groups excluding carboxylic acids is 1. The number of amides is 1. The van der Waals surface area contributed by atoms with Crippen LogP contribution in [-0.2, 0) is 0 Å². The molecule has 0 bridgehead atoms. The number of nitrogens with one attached hydrogen (secondary N) is 1. The van der Waals surface area contributed by atoms with Crippen LogP contribution in [0.4, 0.5) is 14.5 Å². The highest BCUT2D eigenvalue weighted by Crippen LogP contribution is 2.20. The van der Waals surface area contributed by atoms with Crippen LogP contribution in [0.3, 0.4) is 0 Å². The Balaban J connectivity index is 1.73. The van der Waals surface area contributed by atoms with Gasteiger partial charge in [-0.05, 0) is 67.6 Å². The van der Waals surface area contributed by atoms with Crippen LogP contribution >= 0.6 is 0 Å². The summed E-state index contributed by atoms with van der Waals surface area (Å²) in [6, 6.07) is 14.5. The van der Waals surface area contributed by atoms with E-state index in [1.807, 2.05) is 0 Å². The molecule has 0 unspecified atom stereocenters. The first-order chi connectivity index (χ1) is 14.9. The Morgan fingerprint density at radius 2 is 1.74 bits per heavy atom. The van der Waals surface area contributed by atoms with Gasteiger partial charge in [-0.2, -0.15) is 0 Å². The molecule has 1 amide bonds. The molecule has 0 saturated carbocycles. The van der Waals surface area contributed by atoms with Crippen molar-refractivity contribution in [3.05, 3.63) is 94.0 Å². The molecule has 4 rings (SSSR count). The maximum Gasteiger partial charge on any atom is 0.266 e. The predicted molar refractivity (Wildman–Crippen MR) is 113 cm³/mol. The Hall–Kier alpha value is -4.07. The highest BCUT2D eigenvalue weighted by atomic mass is 19.2. The summed E-state index contributed by atoms with van der Waals surface area (Å²) in [7, 11) is 1.56. The van der Waals surface area contributed by atoms with Gasteiger partial charge in [-0.3, -0.25) is 14.2 Å². The summed E-state index contributed by atoms with van der Waals surface area (Å²) in [6.07, 6.45) is 0. The van der Waals surface area contributed by atoms with E-state index in [-0.39, 0.29) is 11.1 Å². The minimum Gasteiger partial charge on any atom is -0.497 e. The third-order valence-corrected chi connectivity index (χ3v) is 4.81. The average molecular weight is 421 g/mol. The minimum absolute atomic E-state index is 0.0447. The lowest BCUT2D eigenvalue weighted by atomic mass is 10.1. The minimum atomic E-state index is -1.12. The number of halogens is 2. The van der Waals surface area contributed by atoms with E-state index in [1.165, 1.54) is 16.7 Å². The summed E-state index contributed by atoms with van der Waals surface area (Å²) < 4.78 is 33.1. The lowest BCUT2D eigenvalue weighted by Gasteiger charge is -2.12. The Kier molecular flexibility index (Phi) is 5.21. The average Bonchev–Trinajstić information content (AvgIpc) is 2.76. The van der Waals surface area contributed by atoms with E-state index in [0.717, 1.165) is 12.1 Å². The third kappa shape index (κ3) is 3.87. The van der Waals surface area contributed by atoms with Crippen LogP contribution in [-0.4, -0.2) is 22.6 Å². The van der Waals surface area contributed by atoms with E-state index >= 15 is 0 Å². The molecule has 0 fully saturated rings. The van der Waals surface area contributed by atoms with Crippen LogP contribution < -0.4 is 15.6 Å². The molecule has 1 heterocycles. The highest BCUT2D eigenvalue weighted by Gasteiger charge is 2.13. The molecule has 1 aromatic heterocycles. The van der Waals surface area contributed by atoms with Gasteiger partial charge in [-0.1, -0.05) is 0 Å². The van der Waals surface area contributed by atoms with E-state index in [1.54, 1.807) is 50.4 Å². The van der Waals surface area contributed by atoms with Gasteiger partial charge in [0.1, 0.15) is 11.6 Å². The first-order valence-electron chi connectivity index (χ1n) is 9.31. The van der Waals surface area contributed by atoms with Crippen molar-refractivity contribution in [2.24, 2.45) is 0 Å². The maximum absolute atomic E-state index is 13.4. The second kappa shape index (κ2) is 7.98. The molecule has 0 radical (unpaired) electrons. The highest BCUT2D eigenvalue weighted by molar-refractivity contribution is 6.05. The molecule has 8 heteroatoms. The van der Waals surface area contributed by atoms with E-state index in [2.05, 4.69) is 10.3 Å². The van der Waals surface area contributed by atoms with E-state index in [4.69, 9.17) is 4.74 Å². The summed E-state index contributed by atoms with van der Waals surface area (Å²) >= 11 is 0. The number of fused-ring (bicyclic) bond motifs is 1. The van der Waals surface area contributed by atoms with Gasteiger partial charge in [0.15, 0.2) is 11.6 Å².